The second-order valence-electron chi connectivity index (χ2n) is 5.63. The van der Waals surface area contributed by atoms with Crippen molar-refractivity contribution in [2.75, 3.05) is 13.7 Å². The molecular weight excluding hydrogens is 359 g/mol. The number of hydrogen-bond acceptors (Lipinski definition) is 8. The molecule has 0 aromatic heterocycles. The van der Waals surface area contributed by atoms with Gasteiger partial charge in [0.25, 0.3) is 0 Å². The lowest BCUT2D eigenvalue weighted by Crippen LogP contribution is -2.57. The molecular formula is C14H25O10P. The van der Waals surface area contributed by atoms with Gasteiger partial charge in [-0.05, 0) is 18.9 Å². The zero-order chi connectivity index (χ0) is 19.0. The predicted octanol–water partition coefficient (Wildman–Crippen LogP) is -0.765. The van der Waals surface area contributed by atoms with Crippen molar-refractivity contribution in [1.82, 2.24) is 0 Å². The third kappa shape index (κ3) is 7.93. The number of unbranched alkanes of at least 4 members (excludes halogenated alkanes) is 2. The first-order valence-corrected chi connectivity index (χ1v) is 9.46. The average molecular weight is 384 g/mol. The number of carbonyl (C=O) groups excluding carboxylic acids is 1. The Balaban J connectivity index is 2.45. The summed E-state index contributed by atoms with van der Waals surface area (Å²) in [5.74, 6) is 0.249. The van der Waals surface area contributed by atoms with Crippen molar-refractivity contribution < 1.29 is 48.7 Å². The van der Waals surface area contributed by atoms with E-state index in [9.17, 15) is 24.7 Å². The molecule has 10 nitrogen and oxygen atoms in total. The molecule has 1 fully saturated rings. The van der Waals surface area contributed by atoms with E-state index in [0.717, 1.165) is 6.08 Å². The Morgan fingerprint density at radius 3 is 2.40 bits per heavy atom. The topological polar surface area (TPSA) is 163 Å². The standard InChI is InChI=1S/C14H25O10P/c1-22-10(15)5-3-2-4-7-23-14-13(18)12(17)11(16)9(24-14)6-8-25(19,20)21/h6,8-9,11-14,16-18H,2-5,7H2,1H3,(H2,19,20,21)/b8-6+/t9-,11-,12+,13+,14+/m1/s1. The highest BCUT2D eigenvalue weighted by molar-refractivity contribution is 7.55. The highest BCUT2D eigenvalue weighted by Gasteiger charge is 2.43. The Morgan fingerprint density at radius 1 is 1.12 bits per heavy atom. The fourth-order valence-corrected chi connectivity index (χ4v) is 2.61. The molecule has 0 aromatic rings. The van der Waals surface area contributed by atoms with Gasteiger partial charge in [-0.1, -0.05) is 6.42 Å². The van der Waals surface area contributed by atoms with Crippen LogP contribution in [-0.4, -0.2) is 75.5 Å². The lowest BCUT2D eigenvalue weighted by molar-refractivity contribution is -0.287. The number of carbonyl (C=O) groups is 1. The molecule has 5 N–H and O–H groups in total. The summed E-state index contributed by atoms with van der Waals surface area (Å²) in [6.45, 7) is 0.167. The molecule has 0 saturated carbocycles. The van der Waals surface area contributed by atoms with Crippen molar-refractivity contribution in [2.45, 2.75) is 56.4 Å². The van der Waals surface area contributed by atoms with Crippen LogP contribution in [0.4, 0.5) is 0 Å². The van der Waals surface area contributed by atoms with Crippen LogP contribution in [0.3, 0.4) is 0 Å². The second kappa shape index (κ2) is 10.3. The van der Waals surface area contributed by atoms with Crippen LogP contribution in [0.15, 0.2) is 11.9 Å². The highest BCUT2D eigenvalue weighted by Crippen LogP contribution is 2.37. The maximum Gasteiger partial charge on any atom is 0.348 e. The van der Waals surface area contributed by atoms with Gasteiger partial charge in [0.1, 0.15) is 24.4 Å². The number of ether oxygens (including phenoxy) is 3. The second-order valence-corrected chi connectivity index (χ2v) is 7.11. The Morgan fingerprint density at radius 2 is 1.80 bits per heavy atom. The first-order chi connectivity index (χ1) is 11.7. The Bertz CT molecular complexity index is 490. The van der Waals surface area contributed by atoms with E-state index >= 15 is 0 Å². The summed E-state index contributed by atoms with van der Waals surface area (Å²) in [6, 6.07) is 0. The fourth-order valence-electron chi connectivity index (χ4n) is 2.22. The molecule has 25 heavy (non-hydrogen) atoms. The summed E-state index contributed by atoms with van der Waals surface area (Å²) < 4.78 is 25.9. The minimum absolute atomic E-state index is 0.167. The number of hydrogen-bond donors (Lipinski definition) is 5. The Kier molecular flexibility index (Phi) is 9.19. The molecule has 0 radical (unpaired) electrons. The van der Waals surface area contributed by atoms with Gasteiger partial charge in [-0.3, -0.25) is 9.36 Å². The molecule has 146 valence electrons. The summed E-state index contributed by atoms with van der Waals surface area (Å²) in [7, 11) is -3.14. The number of rotatable bonds is 9. The molecule has 1 aliphatic heterocycles. The normalized spacial score (nSPS) is 30.6. The van der Waals surface area contributed by atoms with E-state index in [1.165, 1.54) is 7.11 Å². The van der Waals surface area contributed by atoms with Crippen LogP contribution in [0.1, 0.15) is 25.7 Å². The minimum Gasteiger partial charge on any atom is -0.469 e. The van der Waals surface area contributed by atoms with Crippen molar-refractivity contribution in [3.8, 4) is 0 Å². The van der Waals surface area contributed by atoms with Crippen molar-refractivity contribution >= 4 is 13.6 Å². The number of aliphatic hydroxyl groups is 3. The van der Waals surface area contributed by atoms with Crippen LogP contribution < -0.4 is 0 Å². The molecule has 1 heterocycles. The molecule has 1 rings (SSSR count). The predicted molar refractivity (Wildman–Crippen MR) is 84.3 cm³/mol. The van der Waals surface area contributed by atoms with Crippen molar-refractivity contribution in [3.63, 3.8) is 0 Å². The first-order valence-electron chi connectivity index (χ1n) is 7.78. The largest absolute Gasteiger partial charge is 0.469 e. The molecule has 11 heteroatoms. The molecule has 0 bridgehead atoms. The fraction of sp³-hybridized carbons (Fsp3) is 0.786. The molecule has 0 aromatic carbocycles. The van der Waals surface area contributed by atoms with Crippen molar-refractivity contribution in [1.29, 1.82) is 0 Å². The molecule has 1 aliphatic rings. The highest BCUT2D eigenvalue weighted by atomic mass is 31.2. The van der Waals surface area contributed by atoms with E-state index in [1.807, 2.05) is 0 Å². The molecule has 0 unspecified atom stereocenters. The van der Waals surface area contributed by atoms with Gasteiger partial charge in [0.15, 0.2) is 6.29 Å². The van der Waals surface area contributed by atoms with Gasteiger partial charge < -0.3 is 39.3 Å². The molecule has 0 spiro atoms. The monoisotopic (exact) mass is 384 g/mol. The van der Waals surface area contributed by atoms with Gasteiger partial charge in [-0.15, -0.1) is 0 Å². The van der Waals surface area contributed by atoms with Gasteiger partial charge in [0, 0.05) is 18.8 Å². The molecule has 0 amide bonds. The van der Waals surface area contributed by atoms with E-state index in [1.54, 1.807) is 0 Å². The molecule has 5 atom stereocenters. The minimum atomic E-state index is -4.45. The van der Waals surface area contributed by atoms with E-state index in [0.29, 0.717) is 31.5 Å². The number of methoxy groups -OCH3 is 1. The lowest BCUT2D eigenvalue weighted by atomic mass is 9.99. The van der Waals surface area contributed by atoms with Gasteiger partial charge in [0.2, 0.25) is 0 Å². The quantitative estimate of drug-likeness (QED) is 0.194. The smallest absolute Gasteiger partial charge is 0.348 e. The Hall–Kier alpha value is -0.840. The van der Waals surface area contributed by atoms with Gasteiger partial charge in [0.05, 0.1) is 7.11 Å². The van der Waals surface area contributed by atoms with Crippen LogP contribution in [0, 0.1) is 0 Å². The van der Waals surface area contributed by atoms with Crippen molar-refractivity contribution in [3.05, 3.63) is 11.9 Å². The zero-order valence-electron chi connectivity index (χ0n) is 13.8. The van der Waals surface area contributed by atoms with Crippen LogP contribution in [0.5, 0.6) is 0 Å². The van der Waals surface area contributed by atoms with Crippen LogP contribution in [-0.2, 0) is 23.6 Å². The summed E-state index contributed by atoms with van der Waals surface area (Å²) >= 11 is 0. The lowest BCUT2D eigenvalue weighted by Gasteiger charge is -2.39. The van der Waals surface area contributed by atoms with E-state index in [-0.39, 0.29) is 12.6 Å². The maximum absolute atomic E-state index is 10.9. The van der Waals surface area contributed by atoms with Gasteiger partial charge >= 0.3 is 13.6 Å². The Labute approximate surface area is 145 Å². The SMILES string of the molecule is COC(=O)CCCCCO[C@H]1O[C@H](/C=C/P(=O)(O)O)[C@@H](O)[C@H](O)[C@@H]1O. The van der Waals surface area contributed by atoms with Crippen molar-refractivity contribution in [2.24, 2.45) is 0 Å². The third-order valence-electron chi connectivity index (χ3n) is 3.61. The average Bonchev–Trinajstić information content (AvgIpc) is 2.55. The third-order valence-corrected chi connectivity index (χ3v) is 4.17. The van der Waals surface area contributed by atoms with Gasteiger partial charge in [-0.2, -0.15) is 0 Å². The summed E-state index contributed by atoms with van der Waals surface area (Å²) in [5.41, 5.74) is 0. The van der Waals surface area contributed by atoms with E-state index in [2.05, 4.69) is 4.74 Å². The number of aliphatic hydroxyl groups excluding tert-OH is 3. The van der Waals surface area contributed by atoms with Crippen LogP contribution in [0.25, 0.3) is 0 Å². The summed E-state index contributed by atoms with van der Waals surface area (Å²) in [6.07, 6.45) is -4.10. The zero-order valence-corrected chi connectivity index (χ0v) is 14.7. The maximum atomic E-state index is 10.9. The first kappa shape index (κ1) is 22.2. The van der Waals surface area contributed by atoms with Crippen LogP contribution in [0.2, 0.25) is 0 Å². The van der Waals surface area contributed by atoms with Gasteiger partial charge in [-0.25, -0.2) is 0 Å². The summed E-state index contributed by atoms with van der Waals surface area (Å²) in [5, 5.41) is 29.5. The number of esters is 1. The molecule has 1 saturated heterocycles. The van der Waals surface area contributed by atoms with Crippen LogP contribution >= 0.6 is 7.60 Å². The van der Waals surface area contributed by atoms with E-state index < -0.39 is 38.3 Å². The summed E-state index contributed by atoms with van der Waals surface area (Å²) in [4.78, 5) is 28.6. The molecule has 0 aliphatic carbocycles. The van der Waals surface area contributed by atoms with E-state index in [4.69, 9.17) is 19.3 Å².